The van der Waals surface area contributed by atoms with Crippen LogP contribution in [-0.4, -0.2) is 74.9 Å². The second kappa shape index (κ2) is 14.0. The van der Waals surface area contributed by atoms with Crippen LogP contribution >= 0.6 is 11.8 Å². The van der Waals surface area contributed by atoms with Gasteiger partial charge in [-0.3, -0.25) is 19.2 Å². The van der Waals surface area contributed by atoms with Gasteiger partial charge in [-0.2, -0.15) is 11.8 Å². The van der Waals surface area contributed by atoms with Gasteiger partial charge in [0.25, 0.3) is 0 Å². The summed E-state index contributed by atoms with van der Waals surface area (Å²) in [4.78, 5) is 64.3. The fourth-order valence-corrected chi connectivity index (χ4v) is 7.77. The molecule has 0 saturated heterocycles. The van der Waals surface area contributed by atoms with E-state index in [-0.39, 0.29) is 30.3 Å². The van der Waals surface area contributed by atoms with Crippen LogP contribution in [0.4, 0.5) is 0 Å². The number of allylic oxidation sites excluding steroid dienone is 3. The molecule has 3 aliphatic carbocycles. The van der Waals surface area contributed by atoms with Crippen LogP contribution in [0.1, 0.15) is 66.4 Å². The average Bonchev–Trinajstić information content (AvgIpc) is 3.74. The van der Waals surface area contributed by atoms with Crippen LogP contribution in [0.3, 0.4) is 0 Å². The Bertz CT molecular complexity index is 1500. The van der Waals surface area contributed by atoms with Gasteiger partial charge in [0.1, 0.15) is 23.7 Å². The molecule has 4 atom stereocenters. The lowest BCUT2D eigenvalue weighted by molar-refractivity contribution is -0.142. The Morgan fingerprint density at radius 3 is 2.13 bits per heavy atom. The van der Waals surface area contributed by atoms with E-state index in [4.69, 9.17) is 0 Å². The summed E-state index contributed by atoms with van der Waals surface area (Å²) < 4.78 is 0. The molecule has 3 amide bonds. The van der Waals surface area contributed by atoms with Gasteiger partial charge in [0.15, 0.2) is 5.78 Å². The fraction of sp³-hybridized carbons (Fsp3) is 0.514. The van der Waals surface area contributed by atoms with Gasteiger partial charge in [-0.25, -0.2) is 4.79 Å². The van der Waals surface area contributed by atoms with E-state index in [0.717, 1.165) is 40.7 Å². The van der Waals surface area contributed by atoms with Crippen LogP contribution in [0.15, 0.2) is 64.3 Å². The molecule has 1 saturated carbocycles. The molecule has 1 fully saturated rings. The lowest BCUT2D eigenvalue weighted by Crippen LogP contribution is -2.57. The van der Waals surface area contributed by atoms with Crippen molar-refractivity contribution < 1.29 is 34.2 Å². The van der Waals surface area contributed by atoms with Crippen molar-refractivity contribution in [1.29, 1.82) is 0 Å². The number of carboxylic acid groups (broad SMARTS) is 1. The first-order chi connectivity index (χ1) is 21.6. The van der Waals surface area contributed by atoms with E-state index in [9.17, 15) is 34.2 Å². The fourth-order valence-electron chi connectivity index (χ4n) is 6.60. The normalized spacial score (nSPS) is 21.8. The second-order valence-corrected chi connectivity index (χ2v) is 14.3. The molecule has 0 aliphatic heterocycles. The number of nitrogens with one attached hydrogen (secondary N) is 3. The first-order valence-electron chi connectivity index (χ1n) is 15.7. The molecule has 1 spiro atoms. The first-order valence-corrected chi connectivity index (χ1v) is 16.9. The Labute approximate surface area is 274 Å². The van der Waals surface area contributed by atoms with E-state index >= 15 is 0 Å². The number of ketones is 1. The third-order valence-corrected chi connectivity index (χ3v) is 10.4. The molecule has 10 nitrogen and oxygen atoms in total. The number of carboxylic acids is 1. The van der Waals surface area contributed by atoms with Crippen molar-refractivity contribution >= 4 is 41.2 Å². The maximum Gasteiger partial charge on any atom is 0.326 e. The van der Waals surface area contributed by atoms with Crippen LogP contribution in [0.5, 0.6) is 0 Å². The third kappa shape index (κ3) is 7.31. The molecule has 46 heavy (non-hydrogen) atoms. The first kappa shape index (κ1) is 35.2. The highest BCUT2D eigenvalue weighted by atomic mass is 32.2. The predicted octanol–water partition coefficient (Wildman–Crippen LogP) is 3.25. The van der Waals surface area contributed by atoms with Gasteiger partial charge in [-0.05, 0) is 74.3 Å². The minimum atomic E-state index is -1.44. The quantitative estimate of drug-likeness (QED) is 0.205. The highest BCUT2D eigenvalue weighted by Gasteiger charge is 2.65. The molecule has 3 aliphatic rings. The van der Waals surface area contributed by atoms with Crippen molar-refractivity contribution in [1.82, 2.24) is 16.0 Å². The van der Waals surface area contributed by atoms with Crippen LogP contribution < -0.4 is 16.0 Å². The molecule has 11 heteroatoms. The summed E-state index contributed by atoms with van der Waals surface area (Å²) in [5, 5.41) is 28.9. The number of hydrogen-bond donors (Lipinski definition) is 5. The number of rotatable bonds is 14. The lowest BCUT2D eigenvalue weighted by atomic mass is 9.67. The number of benzene rings is 1. The maximum absolute atomic E-state index is 13.6. The zero-order valence-corrected chi connectivity index (χ0v) is 28.2. The minimum absolute atomic E-state index is 0.0175. The number of amides is 3. The Balaban J connectivity index is 1.49. The molecule has 0 heterocycles. The largest absolute Gasteiger partial charge is 0.480 e. The molecular formula is C35H45N3O7S. The van der Waals surface area contributed by atoms with Crippen molar-refractivity contribution in [3.05, 3.63) is 69.8 Å². The smallest absolute Gasteiger partial charge is 0.326 e. The van der Waals surface area contributed by atoms with E-state index in [2.05, 4.69) is 16.0 Å². The van der Waals surface area contributed by atoms with E-state index in [1.165, 1.54) is 18.7 Å². The highest BCUT2D eigenvalue weighted by Crippen LogP contribution is 2.65. The van der Waals surface area contributed by atoms with Gasteiger partial charge in [-0.15, -0.1) is 0 Å². The number of aliphatic hydroxyl groups is 1. The SMILES string of the molecule is CC(=O)N[C@H](CSCC1=C(C)C=C2C(=O)[C@](C)(O)C3(CC3)C(C)=C21)C(=O)N[C@@H](Cc1ccccc1)C(=O)N[C@@H](CC(C)C)C(=O)O. The highest BCUT2D eigenvalue weighted by molar-refractivity contribution is 7.99. The van der Waals surface area contributed by atoms with Gasteiger partial charge >= 0.3 is 5.97 Å². The monoisotopic (exact) mass is 651 g/mol. The topological polar surface area (TPSA) is 162 Å². The standard InChI is InChI=1S/C35H45N3O7S/c1-19(2)14-27(33(43)44)38-31(41)26(16-23-10-8-7-9-11-23)37-32(42)28(36-22(5)39)18-46-17-25-20(3)15-24-29(25)21(4)35(12-13-35)34(6,45)30(24)40/h7-11,15,19,26-28,45H,12-14,16-18H2,1-6H3,(H,36,39)(H,37,42)(H,38,41)(H,43,44)/t26-,27-,28+,34-/m0/s1. The Morgan fingerprint density at radius 2 is 1.57 bits per heavy atom. The van der Waals surface area contributed by atoms with Crippen molar-refractivity contribution in [3.63, 3.8) is 0 Å². The number of fused-ring (bicyclic) bond motifs is 1. The van der Waals surface area contributed by atoms with Gasteiger partial charge in [-0.1, -0.05) is 49.8 Å². The number of carbonyl (C=O) groups excluding carboxylic acids is 4. The van der Waals surface area contributed by atoms with Crippen molar-refractivity contribution in [2.75, 3.05) is 11.5 Å². The molecule has 0 radical (unpaired) electrons. The van der Waals surface area contributed by atoms with Crippen LogP contribution in [-0.2, 0) is 30.4 Å². The van der Waals surface area contributed by atoms with Crippen molar-refractivity contribution in [3.8, 4) is 0 Å². The third-order valence-electron chi connectivity index (χ3n) is 9.33. The predicted molar refractivity (Wildman–Crippen MR) is 177 cm³/mol. The average molecular weight is 652 g/mol. The summed E-state index contributed by atoms with van der Waals surface area (Å²) in [6, 6.07) is 5.90. The summed E-state index contributed by atoms with van der Waals surface area (Å²) >= 11 is 1.42. The van der Waals surface area contributed by atoms with E-state index in [1.807, 2.05) is 64.1 Å². The summed E-state index contributed by atoms with van der Waals surface area (Å²) in [5.41, 5.74) is 3.11. The number of carbonyl (C=O) groups is 5. The molecule has 0 aromatic heterocycles. The van der Waals surface area contributed by atoms with Crippen molar-refractivity contribution in [2.24, 2.45) is 11.3 Å². The molecule has 1 aromatic rings. The molecular weight excluding hydrogens is 606 g/mol. The minimum Gasteiger partial charge on any atom is -0.480 e. The van der Waals surface area contributed by atoms with Gasteiger partial charge in [0, 0.05) is 35.8 Å². The van der Waals surface area contributed by atoms with E-state index < -0.39 is 52.8 Å². The summed E-state index contributed by atoms with van der Waals surface area (Å²) in [7, 11) is 0. The molecule has 4 rings (SSSR count). The summed E-state index contributed by atoms with van der Waals surface area (Å²) in [5.74, 6) is -2.36. The van der Waals surface area contributed by atoms with Gasteiger partial charge in [0.2, 0.25) is 17.7 Å². The Morgan fingerprint density at radius 1 is 0.957 bits per heavy atom. The zero-order chi connectivity index (χ0) is 34.0. The zero-order valence-electron chi connectivity index (χ0n) is 27.4. The summed E-state index contributed by atoms with van der Waals surface area (Å²) in [6.45, 7) is 10.6. The molecule has 5 N–H and O–H groups in total. The number of Topliss-reactive ketones (excluding diaryl/α,β-unsaturated/α-hetero) is 1. The molecule has 248 valence electrons. The van der Waals surface area contributed by atoms with E-state index in [1.54, 1.807) is 6.92 Å². The number of thioether (sulfide) groups is 1. The Hall–Kier alpha value is -3.70. The van der Waals surface area contributed by atoms with Crippen LogP contribution in [0.25, 0.3) is 0 Å². The van der Waals surface area contributed by atoms with Gasteiger partial charge < -0.3 is 26.2 Å². The molecule has 0 unspecified atom stereocenters. The maximum atomic E-state index is 13.6. The van der Waals surface area contributed by atoms with Crippen LogP contribution in [0, 0.1) is 11.3 Å². The summed E-state index contributed by atoms with van der Waals surface area (Å²) in [6.07, 6.45) is 3.68. The number of hydrogen-bond acceptors (Lipinski definition) is 7. The molecule has 1 aromatic carbocycles. The molecule has 0 bridgehead atoms. The van der Waals surface area contributed by atoms with Gasteiger partial charge in [0.05, 0.1) is 0 Å². The van der Waals surface area contributed by atoms with Crippen molar-refractivity contribution in [2.45, 2.75) is 91.0 Å². The Kier molecular flexibility index (Phi) is 10.7. The number of aliphatic carboxylic acids is 1. The second-order valence-electron chi connectivity index (χ2n) is 13.3. The van der Waals surface area contributed by atoms with E-state index in [0.29, 0.717) is 11.3 Å². The lowest BCUT2D eigenvalue weighted by Gasteiger charge is -2.39. The van der Waals surface area contributed by atoms with Crippen LogP contribution in [0.2, 0.25) is 0 Å².